The first-order valence-electron chi connectivity index (χ1n) is 11.0. The average Bonchev–Trinajstić information content (AvgIpc) is 3.14. The number of hydrogen-bond acceptors (Lipinski definition) is 4. The molecular weight excluding hydrogens is 420 g/mol. The predicted octanol–water partition coefficient (Wildman–Crippen LogP) is 4.04. The number of aliphatic carboxylic acids is 1. The Morgan fingerprint density at radius 2 is 1.70 bits per heavy atom. The molecule has 0 radical (unpaired) electrons. The zero-order chi connectivity index (χ0) is 24.0. The third kappa shape index (κ3) is 5.25. The average molecular weight is 451 g/mol. The number of carboxylic acid groups (broad SMARTS) is 1. The number of alkyl carbamates (subject to hydrolysis) is 1. The number of nitrogens with one attached hydrogen (secondary N) is 1. The van der Waals surface area contributed by atoms with Crippen molar-refractivity contribution in [3.05, 3.63) is 72.3 Å². The molecule has 1 aliphatic carbocycles. The van der Waals surface area contributed by atoms with E-state index >= 15 is 0 Å². The third-order valence-corrected chi connectivity index (χ3v) is 6.23. The number of carbonyl (C=O) groups is 3. The van der Waals surface area contributed by atoms with E-state index in [1.165, 1.54) is 11.0 Å². The summed E-state index contributed by atoms with van der Waals surface area (Å²) in [7, 11) is 0. The lowest BCUT2D eigenvalue weighted by Gasteiger charge is -2.32. The highest BCUT2D eigenvalue weighted by Gasteiger charge is 2.36. The molecule has 174 valence electrons. The van der Waals surface area contributed by atoms with Crippen LogP contribution in [0, 0.1) is 5.41 Å². The Labute approximate surface area is 194 Å². The molecular formula is C26H30N2O5. The van der Waals surface area contributed by atoms with Crippen LogP contribution in [0.15, 0.2) is 61.2 Å². The van der Waals surface area contributed by atoms with Crippen molar-refractivity contribution in [2.24, 2.45) is 5.41 Å². The third-order valence-electron chi connectivity index (χ3n) is 6.23. The summed E-state index contributed by atoms with van der Waals surface area (Å²) in [5, 5.41) is 11.8. The van der Waals surface area contributed by atoms with Crippen LogP contribution in [0.4, 0.5) is 4.79 Å². The number of rotatable bonds is 10. The van der Waals surface area contributed by atoms with E-state index < -0.39 is 24.0 Å². The molecule has 0 heterocycles. The first-order valence-corrected chi connectivity index (χ1v) is 11.0. The zero-order valence-electron chi connectivity index (χ0n) is 19.0. The van der Waals surface area contributed by atoms with Crippen LogP contribution in [0.1, 0.15) is 37.3 Å². The SMILES string of the molecule is C=CCN(CC(=O)O)C(=O)C(C)(CC)CNC(=O)OCC1c2ccccc2-c2ccccc21. The molecule has 0 saturated heterocycles. The Kier molecular flexibility index (Phi) is 7.53. The summed E-state index contributed by atoms with van der Waals surface area (Å²) in [6.45, 7) is 7.02. The summed E-state index contributed by atoms with van der Waals surface area (Å²) >= 11 is 0. The molecule has 0 bridgehead atoms. The van der Waals surface area contributed by atoms with Crippen LogP contribution in [0.3, 0.4) is 0 Å². The fourth-order valence-corrected chi connectivity index (χ4v) is 4.19. The maximum Gasteiger partial charge on any atom is 0.407 e. The second-order valence-electron chi connectivity index (χ2n) is 8.46. The molecule has 2 aromatic rings. The van der Waals surface area contributed by atoms with Crippen LogP contribution >= 0.6 is 0 Å². The van der Waals surface area contributed by atoms with Crippen LogP contribution in [0.2, 0.25) is 0 Å². The first kappa shape index (κ1) is 24.0. The van der Waals surface area contributed by atoms with E-state index in [4.69, 9.17) is 9.84 Å². The highest BCUT2D eigenvalue weighted by atomic mass is 16.5. The topological polar surface area (TPSA) is 95.9 Å². The number of nitrogens with zero attached hydrogens (tertiary/aromatic N) is 1. The molecule has 7 heteroatoms. The molecule has 1 aliphatic rings. The van der Waals surface area contributed by atoms with E-state index in [0.717, 1.165) is 22.3 Å². The van der Waals surface area contributed by atoms with Gasteiger partial charge in [0.25, 0.3) is 0 Å². The Morgan fingerprint density at radius 3 is 2.21 bits per heavy atom. The van der Waals surface area contributed by atoms with E-state index in [9.17, 15) is 14.4 Å². The van der Waals surface area contributed by atoms with Gasteiger partial charge in [-0.15, -0.1) is 6.58 Å². The quantitative estimate of drug-likeness (QED) is 0.533. The van der Waals surface area contributed by atoms with E-state index in [2.05, 4.69) is 24.0 Å². The monoisotopic (exact) mass is 450 g/mol. The van der Waals surface area contributed by atoms with E-state index in [-0.39, 0.29) is 31.5 Å². The van der Waals surface area contributed by atoms with Crippen molar-refractivity contribution >= 4 is 18.0 Å². The molecule has 0 fully saturated rings. The summed E-state index contributed by atoms with van der Waals surface area (Å²) in [6.07, 6.45) is 1.29. The molecule has 3 rings (SSSR count). The van der Waals surface area contributed by atoms with Crippen LogP contribution in [0.25, 0.3) is 11.1 Å². The van der Waals surface area contributed by atoms with Gasteiger partial charge in [0.05, 0.1) is 5.41 Å². The van der Waals surface area contributed by atoms with Gasteiger partial charge in [0.2, 0.25) is 5.91 Å². The summed E-state index contributed by atoms with van der Waals surface area (Å²) < 4.78 is 5.55. The molecule has 0 saturated carbocycles. The molecule has 2 aromatic carbocycles. The minimum atomic E-state index is -1.10. The zero-order valence-corrected chi connectivity index (χ0v) is 19.0. The van der Waals surface area contributed by atoms with Crippen molar-refractivity contribution in [1.29, 1.82) is 0 Å². The molecule has 0 aliphatic heterocycles. The van der Waals surface area contributed by atoms with Crippen LogP contribution < -0.4 is 5.32 Å². The number of hydrogen-bond donors (Lipinski definition) is 2. The van der Waals surface area contributed by atoms with Gasteiger partial charge < -0.3 is 20.1 Å². The van der Waals surface area contributed by atoms with Gasteiger partial charge in [0, 0.05) is 19.0 Å². The largest absolute Gasteiger partial charge is 0.480 e. The molecule has 33 heavy (non-hydrogen) atoms. The second kappa shape index (κ2) is 10.3. The number of benzene rings is 2. The lowest BCUT2D eigenvalue weighted by molar-refractivity contribution is -0.148. The highest BCUT2D eigenvalue weighted by molar-refractivity contribution is 5.86. The van der Waals surface area contributed by atoms with Gasteiger partial charge in [-0.1, -0.05) is 61.5 Å². The minimum absolute atomic E-state index is 0.0340. The fourth-order valence-electron chi connectivity index (χ4n) is 4.19. The first-order chi connectivity index (χ1) is 15.8. The van der Waals surface area contributed by atoms with Gasteiger partial charge in [-0.05, 0) is 35.6 Å². The Morgan fingerprint density at radius 1 is 1.12 bits per heavy atom. The van der Waals surface area contributed by atoms with Crippen molar-refractivity contribution in [3.8, 4) is 11.1 Å². The van der Waals surface area contributed by atoms with Gasteiger partial charge in [-0.2, -0.15) is 0 Å². The number of fused-ring (bicyclic) bond motifs is 3. The smallest absolute Gasteiger partial charge is 0.407 e. The Bertz CT molecular complexity index is 1000. The standard InChI is InChI=1S/C26H30N2O5/c1-4-14-28(15-23(29)30)24(31)26(3,5-2)17-27-25(32)33-16-22-20-12-8-6-10-18(20)19-11-7-9-13-21(19)22/h4,6-13,22H,1,5,14-17H2,2-3H3,(H,27,32)(H,29,30). The Hall–Kier alpha value is -3.61. The number of amides is 2. The summed E-state index contributed by atoms with van der Waals surface area (Å²) in [4.78, 5) is 37.9. The van der Waals surface area contributed by atoms with Gasteiger partial charge in [-0.25, -0.2) is 4.79 Å². The summed E-state index contributed by atoms with van der Waals surface area (Å²) in [6, 6.07) is 16.2. The number of carbonyl (C=O) groups excluding carboxylic acids is 2. The molecule has 0 aromatic heterocycles. The predicted molar refractivity (Wildman–Crippen MR) is 126 cm³/mol. The van der Waals surface area contributed by atoms with Gasteiger partial charge in [-0.3, -0.25) is 9.59 Å². The van der Waals surface area contributed by atoms with Crippen molar-refractivity contribution < 1.29 is 24.2 Å². The van der Waals surface area contributed by atoms with Crippen molar-refractivity contribution in [2.75, 3.05) is 26.2 Å². The molecule has 2 amide bonds. The highest BCUT2D eigenvalue weighted by Crippen LogP contribution is 2.44. The number of ether oxygens (including phenoxy) is 1. The van der Waals surface area contributed by atoms with Crippen molar-refractivity contribution in [1.82, 2.24) is 10.2 Å². The van der Waals surface area contributed by atoms with Crippen molar-refractivity contribution in [2.45, 2.75) is 26.2 Å². The maximum absolute atomic E-state index is 13.0. The van der Waals surface area contributed by atoms with E-state index in [1.54, 1.807) is 6.92 Å². The van der Waals surface area contributed by atoms with Crippen LogP contribution in [-0.4, -0.2) is 54.2 Å². The summed E-state index contributed by atoms with van der Waals surface area (Å²) in [5.74, 6) is -1.51. The second-order valence-corrected chi connectivity index (χ2v) is 8.46. The lowest BCUT2D eigenvalue weighted by atomic mass is 9.85. The molecule has 1 atom stereocenters. The normalized spacial score (nSPS) is 13.9. The van der Waals surface area contributed by atoms with E-state index in [1.807, 2.05) is 43.3 Å². The molecule has 0 spiro atoms. The van der Waals surface area contributed by atoms with Gasteiger partial charge in [0.15, 0.2) is 0 Å². The van der Waals surface area contributed by atoms with Crippen molar-refractivity contribution in [3.63, 3.8) is 0 Å². The fraction of sp³-hybridized carbons (Fsp3) is 0.346. The van der Waals surface area contributed by atoms with Gasteiger partial charge >= 0.3 is 12.1 Å². The summed E-state index contributed by atoms with van der Waals surface area (Å²) in [5.41, 5.74) is 3.56. The Balaban J connectivity index is 1.63. The van der Waals surface area contributed by atoms with Gasteiger partial charge in [0.1, 0.15) is 13.2 Å². The molecule has 7 nitrogen and oxygen atoms in total. The van der Waals surface area contributed by atoms with Crippen LogP contribution in [-0.2, 0) is 14.3 Å². The molecule has 1 unspecified atom stereocenters. The van der Waals surface area contributed by atoms with Crippen LogP contribution in [0.5, 0.6) is 0 Å². The molecule has 2 N–H and O–H groups in total. The minimum Gasteiger partial charge on any atom is -0.480 e. The maximum atomic E-state index is 13.0. The van der Waals surface area contributed by atoms with E-state index in [0.29, 0.717) is 6.42 Å². The lowest BCUT2D eigenvalue weighted by Crippen LogP contribution is -2.49. The number of carboxylic acids is 1.